The minimum absolute atomic E-state index is 0.113. The third kappa shape index (κ3) is 5.16. The third-order valence-electron chi connectivity index (χ3n) is 5.28. The second kappa shape index (κ2) is 8.82. The molecule has 1 amide bonds. The molecule has 0 bridgehead atoms. The maximum atomic E-state index is 13.7. The van der Waals surface area contributed by atoms with Gasteiger partial charge in [-0.25, -0.2) is 0 Å². The summed E-state index contributed by atoms with van der Waals surface area (Å²) in [5, 5.41) is 2.65. The number of carbonyl (C=O) groups excluding carboxylic acids is 1. The van der Waals surface area contributed by atoms with E-state index in [9.17, 15) is 18.0 Å². The number of carbonyl (C=O) groups is 1. The number of rotatable bonds is 5. The van der Waals surface area contributed by atoms with E-state index in [0.29, 0.717) is 38.6 Å². The number of anilines is 2. The minimum atomic E-state index is -4.53. The van der Waals surface area contributed by atoms with Crippen LogP contribution in [0.25, 0.3) is 0 Å². The number of halogens is 4. The Morgan fingerprint density at radius 2 is 1.89 bits per heavy atom. The lowest BCUT2D eigenvalue weighted by molar-refractivity contribution is -0.137. The van der Waals surface area contributed by atoms with Crippen LogP contribution in [0.2, 0.25) is 0 Å². The van der Waals surface area contributed by atoms with Crippen LogP contribution in [-0.4, -0.2) is 32.2 Å². The number of benzene rings is 1. The maximum Gasteiger partial charge on any atom is 0.419 e. The van der Waals surface area contributed by atoms with Gasteiger partial charge in [0.25, 0.3) is 0 Å². The van der Waals surface area contributed by atoms with Crippen molar-refractivity contribution in [2.75, 3.05) is 36.5 Å². The van der Waals surface area contributed by atoms with E-state index < -0.39 is 11.7 Å². The van der Waals surface area contributed by atoms with E-state index in [4.69, 9.17) is 4.74 Å². The number of nitrogens with zero attached hydrogens (tertiary/aromatic N) is 1. The second-order valence-corrected chi connectivity index (χ2v) is 7.95. The number of amides is 1. The lowest BCUT2D eigenvalue weighted by atomic mass is 10.0. The standard InChI is InChI=1S/C19H24BrF3N2O2/c20-18-14(24-16(26)8-5-13-3-1-2-4-13)6-7-15(17(18)19(21,22)23)25-9-11-27-12-10-25/h6-7,13H,1-5,8-12H2,(H,24,26). The Labute approximate surface area is 165 Å². The van der Waals surface area contributed by atoms with E-state index in [1.807, 2.05) is 0 Å². The Kier molecular flexibility index (Phi) is 6.68. The summed E-state index contributed by atoms with van der Waals surface area (Å²) in [6.07, 6.45) is 1.29. The van der Waals surface area contributed by atoms with E-state index in [2.05, 4.69) is 21.2 Å². The maximum absolute atomic E-state index is 13.7. The Morgan fingerprint density at radius 3 is 2.52 bits per heavy atom. The first-order valence-corrected chi connectivity index (χ1v) is 10.2. The number of nitrogens with one attached hydrogen (secondary N) is 1. The molecule has 27 heavy (non-hydrogen) atoms. The zero-order valence-corrected chi connectivity index (χ0v) is 16.7. The predicted molar refractivity (Wildman–Crippen MR) is 102 cm³/mol. The largest absolute Gasteiger partial charge is 0.419 e. The van der Waals surface area contributed by atoms with Gasteiger partial charge in [0.15, 0.2) is 0 Å². The summed E-state index contributed by atoms with van der Waals surface area (Å²) >= 11 is 3.09. The van der Waals surface area contributed by atoms with Gasteiger partial charge < -0.3 is 15.0 Å². The number of alkyl halides is 3. The van der Waals surface area contributed by atoms with Gasteiger partial charge >= 0.3 is 6.18 Å². The molecule has 0 spiro atoms. The number of hydrogen-bond acceptors (Lipinski definition) is 3. The molecule has 150 valence electrons. The summed E-state index contributed by atoms with van der Waals surface area (Å²) in [7, 11) is 0. The highest BCUT2D eigenvalue weighted by molar-refractivity contribution is 9.10. The zero-order valence-electron chi connectivity index (χ0n) is 15.1. The lowest BCUT2D eigenvalue weighted by Gasteiger charge is -2.32. The van der Waals surface area contributed by atoms with Crippen molar-refractivity contribution in [1.82, 2.24) is 0 Å². The molecule has 1 aliphatic heterocycles. The first-order chi connectivity index (χ1) is 12.9. The van der Waals surface area contributed by atoms with Gasteiger partial charge in [0.1, 0.15) is 0 Å². The molecule has 0 aromatic heterocycles. The molecule has 1 saturated heterocycles. The van der Waals surface area contributed by atoms with E-state index in [0.717, 1.165) is 19.3 Å². The van der Waals surface area contributed by atoms with E-state index >= 15 is 0 Å². The molecule has 4 nitrogen and oxygen atoms in total. The summed E-state index contributed by atoms with van der Waals surface area (Å²) in [6.45, 7) is 1.61. The smallest absolute Gasteiger partial charge is 0.378 e. The fraction of sp³-hybridized carbons (Fsp3) is 0.632. The molecule has 8 heteroatoms. The first kappa shape index (κ1) is 20.5. The van der Waals surface area contributed by atoms with Gasteiger partial charge in [-0.05, 0) is 40.4 Å². The van der Waals surface area contributed by atoms with E-state index in [1.165, 1.54) is 25.0 Å². The molecule has 2 aliphatic rings. The van der Waals surface area contributed by atoms with Crippen LogP contribution in [0.15, 0.2) is 16.6 Å². The Morgan fingerprint density at radius 1 is 1.22 bits per heavy atom. The van der Waals surface area contributed by atoms with Crippen LogP contribution >= 0.6 is 15.9 Å². The summed E-state index contributed by atoms with van der Waals surface area (Å²) in [4.78, 5) is 13.9. The van der Waals surface area contributed by atoms with Crippen molar-refractivity contribution in [3.63, 3.8) is 0 Å². The average molecular weight is 449 g/mol. The van der Waals surface area contributed by atoms with Gasteiger partial charge in [0.2, 0.25) is 5.91 Å². The molecule has 1 heterocycles. The SMILES string of the molecule is O=C(CCC1CCCC1)Nc1ccc(N2CCOCC2)c(C(F)(F)F)c1Br. The zero-order chi connectivity index (χ0) is 19.4. The molecule has 1 saturated carbocycles. The number of ether oxygens (including phenoxy) is 1. The van der Waals surface area contributed by atoms with Gasteiger partial charge in [-0.2, -0.15) is 13.2 Å². The predicted octanol–water partition coefficient (Wildman–Crippen LogP) is 5.21. The molecule has 0 unspecified atom stereocenters. The quantitative estimate of drug-likeness (QED) is 0.671. The molecule has 2 fully saturated rings. The highest BCUT2D eigenvalue weighted by atomic mass is 79.9. The van der Waals surface area contributed by atoms with Gasteiger partial charge in [-0.15, -0.1) is 0 Å². The van der Waals surface area contributed by atoms with Gasteiger partial charge in [-0.3, -0.25) is 4.79 Å². The monoisotopic (exact) mass is 448 g/mol. The molecule has 1 aromatic carbocycles. The molecule has 1 N–H and O–H groups in total. The van der Waals surface area contributed by atoms with Crippen LogP contribution in [0.5, 0.6) is 0 Å². The van der Waals surface area contributed by atoms with Crippen molar-refractivity contribution in [3.05, 3.63) is 22.2 Å². The van der Waals surface area contributed by atoms with Crippen LogP contribution in [0, 0.1) is 5.92 Å². The summed E-state index contributed by atoms with van der Waals surface area (Å²) in [5.74, 6) is 0.323. The molecular formula is C19H24BrF3N2O2. The van der Waals surface area contributed by atoms with Crippen molar-refractivity contribution >= 4 is 33.2 Å². The van der Waals surface area contributed by atoms with Crippen LogP contribution in [-0.2, 0) is 15.7 Å². The highest BCUT2D eigenvalue weighted by Gasteiger charge is 2.38. The summed E-state index contributed by atoms with van der Waals surface area (Å²) in [6, 6.07) is 2.98. The Balaban J connectivity index is 1.76. The Hall–Kier alpha value is -1.28. The van der Waals surface area contributed by atoms with E-state index in [-0.39, 0.29) is 21.8 Å². The van der Waals surface area contributed by atoms with Crippen molar-refractivity contribution in [2.24, 2.45) is 5.92 Å². The fourth-order valence-corrected chi connectivity index (χ4v) is 4.51. The fourth-order valence-electron chi connectivity index (χ4n) is 3.85. The molecule has 1 aliphatic carbocycles. The molecule has 0 radical (unpaired) electrons. The molecule has 0 atom stereocenters. The van der Waals surface area contributed by atoms with Gasteiger partial charge in [0.05, 0.1) is 34.6 Å². The van der Waals surface area contributed by atoms with Crippen LogP contribution in [0.4, 0.5) is 24.5 Å². The van der Waals surface area contributed by atoms with Crippen molar-refractivity contribution in [1.29, 1.82) is 0 Å². The molecular weight excluding hydrogens is 425 g/mol. The van der Waals surface area contributed by atoms with Crippen LogP contribution in [0.1, 0.15) is 44.1 Å². The molecule has 3 rings (SSSR count). The normalized spacial score (nSPS) is 18.7. The van der Waals surface area contributed by atoms with Crippen LogP contribution in [0.3, 0.4) is 0 Å². The lowest BCUT2D eigenvalue weighted by Crippen LogP contribution is -2.37. The number of hydrogen-bond donors (Lipinski definition) is 1. The first-order valence-electron chi connectivity index (χ1n) is 9.38. The topological polar surface area (TPSA) is 41.6 Å². The highest BCUT2D eigenvalue weighted by Crippen LogP contribution is 2.44. The Bertz CT molecular complexity index is 670. The number of morpholine rings is 1. The van der Waals surface area contributed by atoms with E-state index in [1.54, 1.807) is 4.90 Å². The minimum Gasteiger partial charge on any atom is -0.378 e. The summed E-state index contributed by atoms with van der Waals surface area (Å²) in [5.41, 5.74) is -0.477. The van der Waals surface area contributed by atoms with Crippen molar-refractivity contribution < 1.29 is 22.7 Å². The van der Waals surface area contributed by atoms with Gasteiger partial charge in [-0.1, -0.05) is 25.7 Å². The van der Waals surface area contributed by atoms with Crippen molar-refractivity contribution in [2.45, 2.75) is 44.7 Å². The average Bonchev–Trinajstić information content (AvgIpc) is 3.15. The van der Waals surface area contributed by atoms with Crippen molar-refractivity contribution in [3.8, 4) is 0 Å². The second-order valence-electron chi connectivity index (χ2n) is 7.16. The summed E-state index contributed by atoms with van der Waals surface area (Å²) < 4.78 is 46.3. The van der Waals surface area contributed by atoms with Crippen LogP contribution < -0.4 is 10.2 Å². The third-order valence-corrected chi connectivity index (χ3v) is 6.11. The van der Waals surface area contributed by atoms with Gasteiger partial charge in [0, 0.05) is 19.5 Å². The molecule has 1 aromatic rings.